The summed E-state index contributed by atoms with van der Waals surface area (Å²) in [5, 5.41) is 6.46. The third-order valence-electron chi connectivity index (χ3n) is 2.64. The van der Waals surface area contributed by atoms with Crippen molar-refractivity contribution in [3.05, 3.63) is 33.8 Å². The Balaban J connectivity index is 2.32. The largest absolute Gasteiger partial charge is 0.354 e. The molecule has 0 bridgehead atoms. The van der Waals surface area contributed by atoms with E-state index < -0.39 is 0 Å². The van der Waals surface area contributed by atoms with E-state index in [0.717, 1.165) is 5.56 Å². The SMILES string of the molecule is CC(C)C(=O)NCCNC(=O)Cc1ccc(Cl)cc1Cl. The van der Waals surface area contributed by atoms with Crippen LogP contribution >= 0.6 is 23.2 Å². The second-order valence-corrected chi connectivity index (χ2v) is 5.55. The highest BCUT2D eigenvalue weighted by molar-refractivity contribution is 6.35. The summed E-state index contributed by atoms with van der Waals surface area (Å²) in [7, 11) is 0. The summed E-state index contributed by atoms with van der Waals surface area (Å²) < 4.78 is 0. The Morgan fingerprint density at radius 1 is 1.15 bits per heavy atom. The van der Waals surface area contributed by atoms with Crippen molar-refractivity contribution in [1.29, 1.82) is 0 Å². The summed E-state index contributed by atoms with van der Waals surface area (Å²) in [5.74, 6) is -0.230. The van der Waals surface area contributed by atoms with Crippen LogP contribution in [-0.4, -0.2) is 24.9 Å². The Bertz CT molecular complexity index is 490. The lowest BCUT2D eigenvalue weighted by atomic mass is 10.1. The van der Waals surface area contributed by atoms with Gasteiger partial charge < -0.3 is 10.6 Å². The summed E-state index contributed by atoms with van der Waals surface area (Å²) in [6.45, 7) is 4.44. The molecule has 0 aromatic heterocycles. The Labute approximate surface area is 128 Å². The number of hydrogen-bond acceptors (Lipinski definition) is 2. The molecular weight excluding hydrogens is 299 g/mol. The predicted octanol–water partition coefficient (Wildman–Crippen LogP) is 2.42. The van der Waals surface area contributed by atoms with Crippen molar-refractivity contribution in [2.24, 2.45) is 5.92 Å². The van der Waals surface area contributed by atoms with Crippen molar-refractivity contribution in [1.82, 2.24) is 10.6 Å². The maximum absolute atomic E-state index is 11.7. The van der Waals surface area contributed by atoms with Crippen molar-refractivity contribution in [2.45, 2.75) is 20.3 Å². The molecule has 1 aromatic carbocycles. The predicted molar refractivity (Wildman–Crippen MR) is 81.0 cm³/mol. The fraction of sp³-hybridized carbons (Fsp3) is 0.429. The van der Waals surface area contributed by atoms with E-state index in [1.54, 1.807) is 18.2 Å². The molecule has 0 heterocycles. The molecule has 0 aliphatic heterocycles. The smallest absolute Gasteiger partial charge is 0.224 e. The van der Waals surface area contributed by atoms with E-state index in [-0.39, 0.29) is 24.2 Å². The first-order valence-electron chi connectivity index (χ1n) is 6.38. The van der Waals surface area contributed by atoms with E-state index in [1.807, 2.05) is 13.8 Å². The van der Waals surface area contributed by atoms with Crippen LogP contribution in [0.4, 0.5) is 0 Å². The van der Waals surface area contributed by atoms with Gasteiger partial charge in [0.25, 0.3) is 0 Å². The number of halogens is 2. The Hall–Kier alpha value is -1.26. The molecule has 110 valence electrons. The van der Waals surface area contributed by atoms with Gasteiger partial charge in [0.05, 0.1) is 6.42 Å². The highest BCUT2D eigenvalue weighted by Gasteiger charge is 2.08. The van der Waals surface area contributed by atoms with Gasteiger partial charge in [0.1, 0.15) is 0 Å². The van der Waals surface area contributed by atoms with Crippen molar-refractivity contribution in [3.8, 4) is 0 Å². The van der Waals surface area contributed by atoms with Crippen LogP contribution in [0, 0.1) is 5.92 Å². The minimum Gasteiger partial charge on any atom is -0.354 e. The monoisotopic (exact) mass is 316 g/mol. The van der Waals surface area contributed by atoms with E-state index in [2.05, 4.69) is 10.6 Å². The summed E-state index contributed by atoms with van der Waals surface area (Å²) in [6.07, 6.45) is 0.189. The minimum absolute atomic E-state index is 0.0278. The topological polar surface area (TPSA) is 58.2 Å². The van der Waals surface area contributed by atoms with Gasteiger partial charge in [-0.2, -0.15) is 0 Å². The number of benzene rings is 1. The molecule has 20 heavy (non-hydrogen) atoms. The van der Waals surface area contributed by atoms with E-state index in [0.29, 0.717) is 23.1 Å². The second kappa shape index (κ2) is 8.12. The Morgan fingerprint density at radius 3 is 2.40 bits per heavy atom. The van der Waals surface area contributed by atoms with Gasteiger partial charge in [-0.05, 0) is 17.7 Å². The zero-order valence-corrected chi connectivity index (χ0v) is 13.0. The molecule has 0 fully saturated rings. The number of carbonyl (C=O) groups is 2. The lowest BCUT2D eigenvalue weighted by Crippen LogP contribution is -2.36. The molecular formula is C14H18Cl2N2O2. The maximum atomic E-state index is 11.7. The van der Waals surface area contributed by atoms with Gasteiger partial charge >= 0.3 is 0 Å². The molecule has 1 aromatic rings. The van der Waals surface area contributed by atoms with Gasteiger partial charge in [0, 0.05) is 29.1 Å². The molecule has 0 saturated heterocycles. The fourth-order valence-corrected chi connectivity index (χ4v) is 1.97. The number of hydrogen-bond donors (Lipinski definition) is 2. The molecule has 4 nitrogen and oxygen atoms in total. The van der Waals surface area contributed by atoms with E-state index in [4.69, 9.17) is 23.2 Å². The first-order valence-corrected chi connectivity index (χ1v) is 7.14. The van der Waals surface area contributed by atoms with Gasteiger partial charge in [-0.3, -0.25) is 9.59 Å². The van der Waals surface area contributed by atoms with Crippen LogP contribution in [-0.2, 0) is 16.0 Å². The molecule has 2 N–H and O–H groups in total. The van der Waals surface area contributed by atoms with Crippen LogP contribution in [0.5, 0.6) is 0 Å². The Morgan fingerprint density at radius 2 is 1.80 bits per heavy atom. The van der Waals surface area contributed by atoms with Crippen molar-refractivity contribution in [2.75, 3.05) is 13.1 Å². The minimum atomic E-state index is -0.145. The quantitative estimate of drug-likeness (QED) is 0.792. The van der Waals surface area contributed by atoms with Crippen LogP contribution in [0.3, 0.4) is 0 Å². The average Bonchev–Trinajstić information content (AvgIpc) is 2.37. The van der Waals surface area contributed by atoms with Gasteiger partial charge in [-0.25, -0.2) is 0 Å². The average molecular weight is 317 g/mol. The first kappa shape index (κ1) is 16.8. The zero-order chi connectivity index (χ0) is 15.1. The van der Waals surface area contributed by atoms with Crippen LogP contribution in [0.25, 0.3) is 0 Å². The summed E-state index contributed by atoms with van der Waals surface area (Å²) in [5.41, 5.74) is 0.722. The molecule has 2 amide bonds. The molecule has 6 heteroatoms. The van der Waals surface area contributed by atoms with E-state index in [1.165, 1.54) is 0 Å². The maximum Gasteiger partial charge on any atom is 0.224 e. The molecule has 0 spiro atoms. The third kappa shape index (κ3) is 5.80. The van der Waals surface area contributed by atoms with Crippen molar-refractivity contribution < 1.29 is 9.59 Å². The number of nitrogens with one attached hydrogen (secondary N) is 2. The molecule has 0 unspecified atom stereocenters. The van der Waals surface area contributed by atoms with Crippen LogP contribution < -0.4 is 10.6 Å². The van der Waals surface area contributed by atoms with Crippen LogP contribution in [0.2, 0.25) is 10.0 Å². The fourth-order valence-electron chi connectivity index (χ4n) is 1.49. The number of amides is 2. The van der Waals surface area contributed by atoms with Gasteiger partial charge in [-0.1, -0.05) is 43.1 Å². The summed E-state index contributed by atoms with van der Waals surface area (Å²) in [6, 6.07) is 5.03. The zero-order valence-electron chi connectivity index (χ0n) is 11.5. The van der Waals surface area contributed by atoms with Crippen LogP contribution in [0.15, 0.2) is 18.2 Å². The standard InChI is InChI=1S/C14H18Cl2N2O2/c1-9(2)14(20)18-6-5-17-13(19)7-10-3-4-11(15)8-12(10)16/h3-4,8-9H,5-7H2,1-2H3,(H,17,19)(H,18,20). The van der Waals surface area contributed by atoms with E-state index in [9.17, 15) is 9.59 Å². The third-order valence-corrected chi connectivity index (χ3v) is 3.22. The molecule has 0 aliphatic carbocycles. The second-order valence-electron chi connectivity index (χ2n) is 4.71. The molecule has 1 rings (SSSR count). The number of carbonyl (C=O) groups excluding carboxylic acids is 2. The highest BCUT2D eigenvalue weighted by Crippen LogP contribution is 2.21. The molecule has 0 saturated carbocycles. The molecule has 0 atom stereocenters. The van der Waals surface area contributed by atoms with Crippen molar-refractivity contribution >= 4 is 35.0 Å². The summed E-state index contributed by atoms with van der Waals surface area (Å²) in [4.78, 5) is 23.0. The first-order chi connectivity index (χ1) is 9.40. The Kier molecular flexibility index (Phi) is 6.82. The molecule has 0 aliphatic rings. The number of rotatable bonds is 6. The van der Waals surface area contributed by atoms with Crippen molar-refractivity contribution in [3.63, 3.8) is 0 Å². The lowest BCUT2D eigenvalue weighted by Gasteiger charge is -2.09. The van der Waals surface area contributed by atoms with Gasteiger partial charge in [-0.15, -0.1) is 0 Å². The lowest BCUT2D eigenvalue weighted by molar-refractivity contribution is -0.124. The highest BCUT2D eigenvalue weighted by atomic mass is 35.5. The van der Waals surface area contributed by atoms with Gasteiger partial charge in [0.15, 0.2) is 0 Å². The van der Waals surface area contributed by atoms with E-state index >= 15 is 0 Å². The van der Waals surface area contributed by atoms with Gasteiger partial charge in [0.2, 0.25) is 11.8 Å². The summed E-state index contributed by atoms with van der Waals surface area (Å²) >= 11 is 11.8. The molecule has 0 radical (unpaired) electrons. The van der Waals surface area contributed by atoms with Crippen LogP contribution in [0.1, 0.15) is 19.4 Å². The normalized spacial score (nSPS) is 10.4.